The van der Waals surface area contributed by atoms with Gasteiger partial charge in [-0.05, 0) is 45.0 Å². The lowest BCUT2D eigenvalue weighted by molar-refractivity contribution is -0.137. The molecule has 31 heavy (non-hydrogen) atoms. The van der Waals surface area contributed by atoms with E-state index >= 15 is 0 Å². The molecule has 1 atom stereocenters. The summed E-state index contributed by atoms with van der Waals surface area (Å²) in [6.07, 6.45) is 1.34. The number of benzene rings is 1. The number of aryl methyl sites for hydroxylation is 2. The molecule has 0 aliphatic carbocycles. The second-order valence-electron chi connectivity index (χ2n) is 8.13. The number of amides is 1. The van der Waals surface area contributed by atoms with E-state index in [4.69, 9.17) is 16.6 Å². The Kier molecular flexibility index (Phi) is 7.06. The van der Waals surface area contributed by atoms with Crippen molar-refractivity contribution in [2.45, 2.75) is 26.7 Å². The molecule has 0 N–H and O–H groups in total. The summed E-state index contributed by atoms with van der Waals surface area (Å²) in [6, 6.07) is 7.82. The van der Waals surface area contributed by atoms with E-state index in [1.54, 1.807) is 22.7 Å². The molecule has 0 radical (unpaired) electrons. The molecule has 0 bridgehead atoms. The van der Waals surface area contributed by atoms with Gasteiger partial charge < -0.3 is 9.80 Å². The maximum atomic E-state index is 13.5. The number of aromatic nitrogens is 2. The Labute approximate surface area is 196 Å². The average Bonchev–Trinajstić information content (AvgIpc) is 3.34. The van der Waals surface area contributed by atoms with Crippen LogP contribution in [0.4, 0.5) is 0 Å². The van der Waals surface area contributed by atoms with Crippen LogP contribution < -0.4 is 0 Å². The fraction of sp³-hybridized carbons (Fsp3) is 0.435. The highest BCUT2D eigenvalue weighted by atomic mass is 35.5. The molecule has 5 nitrogen and oxygen atoms in total. The number of halogens is 1. The maximum Gasteiger partial charge on any atom is 0.226 e. The molecular weight excluding hydrogens is 448 g/mol. The lowest BCUT2D eigenvalue weighted by Gasteiger charge is -2.34. The molecule has 1 amide bonds. The van der Waals surface area contributed by atoms with Gasteiger partial charge in [-0.15, -0.1) is 22.7 Å². The van der Waals surface area contributed by atoms with Gasteiger partial charge >= 0.3 is 0 Å². The molecule has 4 rings (SSSR count). The highest BCUT2D eigenvalue weighted by Gasteiger charge is 2.28. The number of hydrogen-bond acceptors (Lipinski definition) is 6. The maximum absolute atomic E-state index is 13.5. The number of carbonyl (C=O) groups is 1. The van der Waals surface area contributed by atoms with Gasteiger partial charge in [-0.25, -0.2) is 9.97 Å². The smallest absolute Gasteiger partial charge is 0.226 e. The standard InChI is InChI=1S/C23H27ClN4OS2/c1-15-22(31-16(2)25-15)20-14-30-21(26-20)13-18(12-17-4-6-19(24)7-5-17)23(29)28-10-8-27(3)9-11-28/h4-7,14,18H,8-13H2,1-3H3. The Hall–Kier alpha value is -1.80. The van der Waals surface area contributed by atoms with Crippen LogP contribution in [0.25, 0.3) is 10.6 Å². The largest absolute Gasteiger partial charge is 0.340 e. The van der Waals surface area contributed by atoms with E-state index in [0.717, 1.165) is 58.0 Å². The van der Waals surface area contributed by atoms with Crippen molar-refractivity contribution in [3.63, 3.8) is 0 Å². The van der Waals surface area contributed by atoms with Crippen molar-refractivity contribution in [1.29, 1.82) is 0 Å². The minimum atomic E-state index is -0.132. The number of carbonyl (C=O) groups excluding carboxylic acids is 1. The van der Waals surface area contributed by atoms with E-state index in [9.17, 15) is 4.79 Å². The Morgan fingerprint density at radius 3 is 2.45 bits per heavy atom. The van der Waals surface area contributed by atoms with E-state index in [2.05, 4.69) is 22.3 Å². The van der Waals surface area contributed by atoms with Crippen molar-refractivity contribution in [3.05, 3.63) is 55.9 Å². The zero-order chi connectivity index (χ0) is 22.0. The van der Waals surface area contributed by atoms with E-state index < -0.39 is 0 Å². The molecule has 1 unspecified atom stereocenters. The van der Waals surface area contributed by atoms with Gasteiger partial charge in [-0.1, -0.05) is 23.7 Å². The van der Waals surface area contributed by atoms with E-state index in [1.807, 2.05) is 43.0 Å². The van der Waals surface area contributed by atoms with E-state index in [0.29, 0.717) is 17.9 Å². The third-order valence-electron chi connectivity index (χ3n) is 5.67. The van der Waals surface area contributed by atoms with Crippen LogP contribution in [0, 0.1) is 19.8 Å². The molecule has 1 aliphatic rings. The summed E-state index contributed by atoms with van der Waals surface area (Å²) in [5.41, 5.74) is 3.12. The molecular formula is C23H27ClN4OS2. The van der Waals surface area contributed by atoms with Crippen LogP contribution in [-0.4, -0.2) is 58.9 Å². The molecule has 0 spiro atoms. The van der Waals surface area contributed by atoms with Crippen LogP contribution >= 0.6 is 34.3 Å². The topological polar surface area (TPSA) is 49.3 Å². The monoisotopic (exact) mass is 474 g/mol. The van der Waals surface area contributed by atoms with E-state index in [1.165, 1.54) is 0 Å². The number of piperazine rings is 1. The van der Waals surface area contributed by atoms with Crippen molar-refractivity contribution in [3.8, 4) is 10.6 Å². The van der Waals surface area contributed by atoms with Crippen molar-refractivity contribution in [2.75, 3.05) is 33.2 Å². The van der Waals surface area contributed by atoms with Crippen molar-refractivity contribution < 1.29 is 4.79 Å². The Morgan fingerprint density at radius 1 is 1.10 bits per heavy atom. The summed E-state index contributed by atoms with van der Waals surface area (Å²) < 4.78 is 0. The summed E-state index contributed by atoms with van der Waals surface area (Å²) in [5.74, 6) is 0.0949. The van der Waals surface area contributed by atoms with Gasteiger partial charge in [0.05, 0.1) is 26.3 Å². The normalized spacial score (nSPS) is 15.9. The predicted octanol–water partition coefficient (Wildman–Crippen LogP) is 4.71. The van der Waals surface area contributed by atoms with Gasteiger partial charge in [0.25, 0.3) is 0 Å². The molecule has 1 fully saturated rings. The lowest BCUT2D eigenvalue weighted by Crippen LogP contribution is -2.49. The average molecular weight is 475 g/mol. The molecule has 2 aromatic heterocycles. The van der Waals surface area contributed by atoms with E-state index in [-0.39, 0.29) is 11.8 Å². The Bertz CT molecular complexity index is 1040. The molecule has 3 aromatic rings. The Balaban J connectivity index is 1.54. The molecule has 8 heteroatoms. The van der Waals surface area contributed by atoms with Crippen LogP contribution in [0.1, 0.15) is 21.3 Å². The summed E-state index contributed by atoms with van der Waals surface area (Å²) in [7, 11) is 2.10. The van der Waals surface area contributed by atoms with Crippen LogP contribution in [0.15, 0.2) is 29.6 Å². The highest BCUT2D eigenvalue weighted by molar-refractivity contribution is 7.15. The summed E-state index contributed by atoms with van der Waals surface area (Å²) in [5, 5.41) is 4.86. The first-order valence-corrected chi connectivity index (χ1v) is 12.6. The van der Waals surface area contributed by atoms with Gasteiger partial charge in [-0.3, -0.25) is 4.79 Å². The third-order valence-corrected chi connectivity index (χ3v) is 7.89. The number of thiazole rings is 2. The van der Waals surface area contributed by atoms with Crippen LogP contribution in [0.2, 0.25) is 5.02 Å². The fourth-order valence-electron chi connectivity index (χ4n) is 3.93. The fourth-order valence-corrected chi connectivity index (χ4v) is 5.87. The van der Waals surface area contributed by atoms with Gasteiger partial charge in [-0.2, -0.15) is 0 Å². The molecule has 1 aromatic carbocycles. The molecule has 164 valence electrons. The van der Waals surface area contributed by atoms with Crippen molar-refractivity contribution >= 4 is 40.2 Å². The summed E-state index contributed by atoms with van der Waals surface area (Å²) in [4.78, 5) is 28.3. The second kappa shape index (κ2) is 9.77. The number of hydrogen-bond donors (Lipinski definition) is 0. The van der Waals surface area contributed by atoms with Gasteiger partial charge in [0, 0.05) is 48.9 Å². The molecule has 1 aliphatic heterocycles. The van der Waals surface area contributed by atoms with Crippen molar-refractivity contribution in [1.82, 2.24) is 19.8 Å². The number of nitrogens with zero attached hydrogens (tertiary/aromatic N) is 4. The van der Waals surface area contributed by atoms with Crippen LogP contribution in [-0.2, 0) is 17.6 Å². The lowest BCUT2D eigenvalue weighted by atomic mass is 9.94. The van der Waals surface area contributed by atoms with Gasteiger partial charge in [0.2, 0.25) is 5.91 Å². The highest BCUT2D eigenvalue weighted by Crippen LogP contribution is 2.31. The van der Waals surface area contributed by atoms with Gasteiger partial charge in [0.1, 0.15) is 0 Å². The SMILES string of the molecule is Cc1nc(C)c(-c2csc(CC(Cc3ccc(Cl)cc3)C(=O)N3CCN(C)CC3)n2)s1. The minimum Gasteiger partial charge on any atom is -0.340 e. The summed E-state index contributed by atoms with van der Waals surface area (Å²) >= 11 is 9.37. The second-order valence-corrected chi connectivity index (χ2v) is 10.7. The zero-order valence-corrected chi connectivity index (χ0v) is 20.5. The first kappa shape index (κ1) is 22.4. The van der Waals surface area contributed by atoms with Crippen LogP contribution in [0.3, 0.4) is 0 Å². The molecule has 0 saturated carbocycles. The van der Waals surface area contributed by atoms with Gasteiger partial charge in [0.15, 0.2) is 0 Å². The molecule has 1 saturated heterocycles. The molecule has 3 heterocycles. The first-order valence-electron chi connectivity index (χ1n) is 10.5. The summed E-state index contributed by atoms with van der Waals surface area (Å²) in [6.45, 7) is 7.46. The predicted molar refractivity (Wildman–Crippen MR) is 129 cm³/mol. The number of rotatable bonds is 6. The zero-order valence-electron chi connectivity index (χ0n) is 18.1. The van der Waals surface area contributed by atoms with Crippen molar-refractivity contribution in [2.24, 2.45) is 5.92 Å². The first-order chi connectivity index (χ1) is 14.9. The minimum absolute atomic E-state index is 0.132. The third kappa shape index (κ3) is 5.52. The Morgan fingerprint density at radius 2 is 1.81 bits per heavy atom. The quantitative estimate of drug-likeness (QED) is 0.519. The van der Waals surface area contributed by atoms with Crippen LogP contribution in [0.5, 0.6) is 0 Å². The number of likely N-dealkylation sites (N-methyl/N-ethyl adjacent to an activating group) is 1.